The van der Waals surface area contributed by atoms with Crippen LogP contribution in [0.2, 0.25) is 0 Å². The van der Waals surface area contributed by atoms with E-state index in [4.69, 9.17) is 0 Å². The van der Waals surface area contributed by atoms with Gasteiger partial charge in [0.25, 0.3) is 5.56 Å². The Hall–Kier alpha value is -2.47. The molecule has 6 nitrogen and oxygen atoms in total. The van der Waals surface area contributed by atoms with Gasteiger partial charge < -0.3 is 9.67 Å². The molecule has 2 aliphatic heterocycles. The predicted octanol–water partition coefficient (Wildman–Crippen LogP) is 2.06. The van der Waals surface area contributed by atoms with Crippen LogP contribution in [0.25, 0.3) is 11.0 Å². The van der Waals surface area contributed by atoms with Gasteiger partial charge in [0.1, 0.15) is 0 Å². The van der Waals surface area contributed by atoms with Gasteiger partial charge in [0.2, 0.25) is 5.69 Å². The van der Waals surface area contributed by atoms with E-state index < -0.39 is 17.2 Å². The summed E-state index contributed by atoms with van der Waals surface area (Å²) in [5, 5.41) is 9.35. The molecule has 0 spiro atoms. The number of hydrogen-bond acceptors (Lipinski definition) is 4. The van der Waals surface area contributed by atoms with Crippen molar-refractivity contribution in [2.75, 3.05) is 6.54 Å². The van der Waals surface area contributed by atoms with Gasteiger partial charge in [-0.15, -0.1) is 0 Å². The number of carboxylic acids is 1. The average Bonchev–Trinajstić information content (AvgIpc) is 2.82. The molecular weight excluding hydrogens is 306 g/mol. The van der Waals surface area contributed by atoms with E-state index in [0.29, 0.717) is 23.1 Å². The average molecular weight is 325 g/mol. The summed E-state index contributed by atoms with van der Waals surface area (Å²) in [5.74, 6) is -1.27. The lowest BCUT2D eigenvalue weighted by Crippen LogP contribution is -2.46. The molecular formula is C18H19N3O3. The van der Waals surface area contributed by atoms with Crippen LogP contribution in [-0.2, 0) is 0 Å². The fourth-order valence-electron chi connectivity index (χ4n) is 4.14. The maximum Gasteiger partial charge on any atom is 0.360 e. The summed E-state index contributed by atoms with van der Waals surface area (Å²) in [6.07, 6.45) is 6.04. The van der Waals surface area contributed by atoms with Crippen LogP contribution in [0, 0.1) is 0 Å². The van der Waals surface area contributed by atoms with E-state index in [9.17, 15) is 14.7 Å². The zero-order valence-corrected chi connectivity index (χ0v) is 13.4. The van der Waals surface area contributed by atoms with Crippen molar-refractivity contribution in [1.82, 2.24) is 14.5 Å². The van der Waals surface area contributed by atoms with Crippen LogP contribution in [0.5, 0.6) is 0 Å². The lowest BCUT2D eigenvalue weighted by molar-refractivity contribution is 0.0687. The van der Waals surface area contributed by atoms with Gasteiger partial charge in [0.15, 0.2) is 0 Å². The second kappa shape index (κ2) is 5.56. The van der Waals surface area contributed by atoms with Gasteiger partial charge >= 0.3 is 5.97 Å². The SMILES string of the molecule is CCN1[C@@H]2C=C[C@@H]1CC(n1c(=O)c(C(=O)O)nc3ccccc31)C2. The molecule has 1 N–H and O–H groups in total. The summed E-state index contributed by atoms with van der Waals surface area (Å²) < 4.78 is 1.66. The third-order valence-corrected chi connectivity index (χ3v) is 5.16. The first-order valence-corrected chi connectivity index (χ1v) is 8.28. The van der Waals surface area contributed by atoms with Gasteiger partial charge in [-0.1, -0.05) is 31.2 Å². The molecule has 0 radical (unpaired) electrons. The number of fused-ring (bicyclic) bond motifs is 3. The molecule has 0 amide bonds. The number of piperidine rings is 1. The maximum absolute atomic E-state index is 12.8. The minimum atomic E-state index is -1.27. The molecule has 1 aromatic carbocycles. The summed E-state index contributed by atoms with van der Waals surface area (Å²) in [4.78, 5) is 30.7. The first kappa shape index (κ1) is 15.1. The highest BCUT2D eigenvalue weighted by Gasteiger charge is 2.38. The molecule has 2 aliphatic rings. The topological polar surface area (TPSA) is 75.4 Å². The molecule has 2 aromatic rings. The summed E-state index contributed by atoms with van der Waals surface area (Å²) in [7, 11) is 0. The molecule has 1 aromatic heterocycles. The number of para-hydroxylation sites is 2. The van der Waals surface area contributed by atoms with Crippen molar-refractivity contribution in [3.8, 4) is 0 Å². The molecule has 24 heavy (non-hydrogen) atoms. The first-order chi connectivity index (χ1) is 11.6. The number of benzene rings is 1. The fraction of sp³-hybridized carbons (Fsp3) is 0.389. The van der Waals surface area contributed by atoms with Crippen molar-refractivity contribution in [2.45, 2.75) is 37.9 Å². The van der Waals surface area contributed by atoms with E-state index in [0.717, 1.165) is 19.4 Å². The van der Waals surface area contributed by atoms with Crippen molar-refractivity contribution >= 4 is 17.0 Å². The number of aromatic nitrogens is 2. The van der Waals surface area contributed by atoms with Gasteiger partial charge in [0.05, 0.1) is 11.0 Å². The Morgan fingerprint density at radius 3 is 2.54 bits per heavy atom. The van der Waals surface area contributed by atoms with Crippen molar-refractivity contribution < 1.29 is 9.90 Å². The second-order valence-electron chi connectivity index (χ2n) is 6.40. The number of carbonyl (C=O) groups is 1. The normalized spacial score (nSPS) is 26.1. The highest BCUT2D eigenvalue weighted by Crippen LogP contribution is 2.37. The summed E-state index contributed by atoms with van der Waals surface area (Å²) in [6, 6.07) is 7.87. The van der Waals surface area contributed by atoms with Crippen LogP contribution in [0.3, 0.4) is 0 Å². The number of hydrogen-bond donors (Lipinski definition) is 1. The Balaban J connectivity index is 1.86. The number of carboxylic acid groups (broad SMARTS) is 1. The molecule has 4 rings (SSSR count). The van der Waals surface area contributed by atoms with Gasteiger partial charge in [-0.3, -0.25) is 9.69 Å². The summed E-state index contributed by atoms with van der Waals surface area (Å²) in [6.45, 7) is 3.12. The maximum atomic E-state index is 12.8. The lowest BCUT2D eigenvalue weighted by atomic mass is 9.95. The molecule has 3 heterocycles. The van der Waals surface area contributed by atoms with Crippen molar-refractivity contribution in [3.05, 3.63) is 52.5 Å². The van der Waals surface area contributed by atoms with Crippen LogP contribution >= 0.6 is 0 Å². The van der Waals surface area contributed by atoms with Crippen molar-refractivity contribution in [1.29, 1.82) is 0 Å². The third kappa shape index (κ3) is 2.17. The van der Waals surface area contributed by atoms with E-state index in [1.54, 1.807) is 16.7 Å². The molecule has 2 atom stereocenters. The third-order valence-electron chi connectivity index (χ3n) is 5.16. The van der Waals surface area contributed by atoms with Crippen LogP contribution in [0.15, 0.2) is 41.2 Å². The van der Waals surface area contributed by atoms with Crippen LogP contribution in [0.1, 0.15) is 36.3 Å². The van der Waals surface area contributed by atoms with Gasteiger partial charge in [-0.05, 0) is 31.5 Å². The first-order valence-electron chi connectivity index (χ1n) is 8.28. The number of likely N-dealkylation sites (N-methyl/N-ethyl adjacent to an activating group) is 1. The van der Waals surface area contributed by atoms with Gasteiger partial charge in [-0.2, -0.15) is 0 Å². The lowest BCUT2D eigenvalue weighted by Gasteiger charge is -2.39. The smallest absolute Gasteiger partial charge is 0.360 e. The largest absolute Gasteiger partial charge is 0.476 e. The van der Waals surface area contributed by atoms with E-state index in [-0.39, 0.29) is 6.04 Å². The molecule has 1 fully saturated rings. The summed E-state index contributed by atoms with van der Waals surface area (Å²) in [5.41, 5.74) is 0.358. The molecule has 2 bridgehead atoms. The van der Waals surface area contributed by atoms with E-state index in [1.165, 1.54) is 0 Å². The Morgan fingerprint density at radius 1 is 1.25 bits per heavy atom. The van der Waals surface area contributed by atoms with E-state index in [1.807, 2.05) is 12.1 Å². The van der Waals surface area contributed by atoms with Crippen LogP contribution in [0.4, 0.5) is 0 Å². The zero-order valence-electron chi connectivity index (χ0n) is 13.4. The highest BCUT2D eigenvalue weighted by atomic mass is 16.4. The standard InChI is InChI=1S/C18H19N3O3/c1-2-20-11-7-8-12(20)10-13(9-11)21-15-6-4-3-5-14(15)19-16(17(21)22)18(23)24/h3-8,11-13H,2,9-10H2,1H3,(H,23,24)/t11-,12-/m1/s1. The molecule has 0 saturated carbocycles. The second-order valence-corrected chi connectivity index (χ2v) is 6.40. The fourth-order valence-corrected chi connectivity index (χ4v) is 4.14. The van der Waals surface area contributed by atoms with Crippen LogP contribution < -0.4 is 5.56 Å². The number of rotatable bonds is 3. The monoisotopic (exact) mass is 325 g/mol. The van der Waals surface area contributed by atoms with Gasteiger partial charge in [-0.25, -0.2) is 9.78 Å². The number of aromatic carboxylic acids is 1. The number of nitrogens with zero attached hydrogens (tertiary/aromatic N) is 3. The van der Waals surface area contributed by atoms with Crippen molar-refractivity contribution in [3.63, 3.8) is 0 Å². The molecule has 1 saturated heterocycles. The Bertz CT molecular complexity index is 886. The molecule has 0 aliphatic carbocycles. The van der Waals surface area contributed by atoms with E-state index in [2.05, 4.69) is 29.0 Å². The quantitative estimate of drug-likeness (QED) is 0.874. The summed E-state index contributed by atoms with van der Waals surface area (Å²) >= 11 is 0. The zero-order chi connectivity index (χ0) is 16.8. The Labute approximate surface area is 139 Å². The highest BCUT2D eigenvalue weighted by molar-refractivity contribution is 5.88. The molecule has 6 heteroatoms. The van der Waals surface area contributed by atoms with Crippen LogP contribution in [-0.4, -0.2) is 44.2 Å². The van der Waals surface area contributed by atoms with Crippen molar-refractivity contribution in [2.24, 2.45) is 0 Å². The molecule has 0 unspecified atom stereocenters. The molecule has 124 valence electrons. The Kier molecular flexibility index (Phi) is 3.49. The minimum Gasteiger partial charge on any atom is -0.476 e. The van der Waals surface area contributed by atoms with Gasteiger partial charge in [0, 0.05) is 18.1 Å². The predicted molar refractivity (Wildman–Crippen MR) is 90.3 cm³/mol. The minimum absolute atomic E-state index is 0.0173. The van der Waals surface area contributed by atoms with E-state index >= 15 is 0 Å². The Morgan fingerprint density at radius 2 is 1.92 bits per heavy atom.